The molecule has 102 valence electrons. The molecule has 0 aromatic carbocycles. The number of pyridine rings is 1. The molecule has 1 N–H and O–H groups in total. The maximum Gasteiger partial charge on any atom is 0.258 e. The average molecular weight is 302 g/mol. The van der Waals surface area contributed by atoms with Crippen LogP contribution in [0.2, 0.25) is 5.02 Å². The van der Waals surface area contributed by atoms with Crippen molar-refractivity contribution in [2.75, 3.05) is 6.26 Å². The molecule has 1 aliphatic carbocycles. The van der Waals surface area contributed by atoms with Crippen LogP contribution in [0.3, 0.4) is 0 Å². The molecule has 0 aliphatic heterocycles. The molecule has 0 atom stereocenters. The summed E-state index contributed by atoms with van der Waals surface area (Å²) in [4.78, 5) is 12.1. The molecule has 0 amide bonds. The van der Waals surface area contributed by atoms with Gasteiger partial charge < -0.3 is 5.11 Å². The maximum absolute atomic E-state index is 11.7. The standard InChI is InChI=1S/C12H12ClNO4S/c1-19(17,18)9-4-2-8(3-5-9)14-7-10(13)11(15)6-12(14)16/h2,4,6-7,15H,3,5H2,1H3. The smallest absolute Gasteiger partial charge is 0.258 e. The molecule has 0 saturated carbocycles. The van der Waals surface area contributed by atoms with Gasteiger partial charge >= 0.3 is 0 Å². The van der Waals surface area contributed by atoms with Gasteiger partial charge in [0.15, 0.2) is 9.84 Å². The number of aromatic hydroxyl groups is 1. The van der Waals surface area contributed by atoms with Crippen LogP contribution < -0.4 is 5.56 Å². The number of hydrogen-bond donors (Lipinski definition) is 1. The quantitative estimate of drug-likeness (QED) is 0.903. The van der Waals surface area contributed by atoms with Crippen molar-refractivity contribution in [3.05, 3.63) is 44.7 Å². The van der Waals surface area contributed by atoms with E-state index >= 15 is 0 Å². The molecule has 1 heterocycles. The van der Waals surface area contributed by atoms with E-state index in [1.807, 2.05) is 0 Å². The van der Waals surface area contributed by atoms with E-state index < -0.39 is 15.4 Å². The SMILES string of the molecule is CS(=O)(=O)C1=CC=C(n2cc(Cl)c(O)cc2=O)CC1. The number of hydrogen-bond acceptors (Lipinski definition) is 4. The van der Waals surface area contributed by atoms with E-state index in [0.717, 1.165) is 12.3 Å². The predicted octanol–water partition coefficient (Wildman–Crippen LogP) is 1.77. The van der Waals surface area contributed by atoms with Gasteiger partial charge in [0.1, 0.15) is 5.75 Å². The van der Waals surface area contributed by atoms with Crippen LogP contribution in [-0.4, -0.2) is 24.3 Å². The van der Waals surface area contributed by atoms with Crippen LogP contribution in [0.4, 0.5) is 0 Å². The van der Waals surface area contributed by atoms with Gasteiger partial charge in [-0.3, -0.25) is 9.36 Å². The first-order valence-electron chi connectivity index (χ1n) is 5.50. The van der Waals surface area contributed by atoms with Crippen molar-refractivity contribution in [1.29, 1.82) is 0 Å². The second-order valence-electron chi connectivity index (χ2n) is 4.28. The Morgan fingerprint density at radius 1 is 1.32 bits per heavy atom. The fraction of sp³-hybridized carbons (Fsp3) is 0.250. The number of rotatable bonds is 2. The molecule has 1 aliphatic rings. The zero-order valence-electron chi connectivity index (χ0n) is 10.1. The lowest BCUT2D eigenvalue weighted by atomic mass is 10.1. The third kappa shape index (κ3) is 2.90. The summed E-state index contributed by atoms with van der Waals surface area (Å²) in [6.45, 7) is 0. The molecule has 0 radical (unpaired) electrons. The van der Waals surface area contributed by atoms with Crippen LogP contribution in [0.5, 0.6) is 5.75 Å². The second kappa shape index (κ2) is 4.86. The Hall–Kier alpha value is -1.53. The van der Waals surface area contributed by atoms with E-state index in [1.165, 1.54) is 16.8 Å². The van der Waals surface area contributed by atoms with Crippen LogP contribution in [0.1, 0.15) is 12.8 Å². The summed E-state index contributed by atoms with van der Waals surface area (Å²) in [5.74, 6) is -0.272. The summed E-state index contributed by atoms with van der Waals surface area (Å²) >= 11 is 5.76. The fourth-order valence-electron chi connectivity index (χ4n) is 1.84. The van der Waals surface area contributed by atoms with Crippen LogP contribution >= 0.6 is 11.6 Å². The molecule has 2 rings (SSSR count). The molecular weight excluding hydrogens is 290 g/mol. The highest BCUT2D eigenvalue weighted by atomic mass is 35.5. The van der Waals surface area contributed by atoms with Crippen molar-refractivity contribution in [3.8, 4) is 5.75 Å². The molecule has 0 unspecified atom stereocenters. The van der Waals surface area contributed by atoms with Crippen LogP contribution in [-0.2, 0) is 9.84 Å². The highest BCUT2D eigenvalue weighted by molar-refractivity contribution is 7.94. The first-order valence-corrected chi connectivity index (χ1v) is 7.77. The van der Waals surface area contributed by atoms with Crippen molar-refractivity contribution in [2.45, 2.75) is 12.8 Å². The van der Waals surface area contributed by atoms with Crippen molar-refractivity contribution < 1.29 is 13.5 Å². The summed E-state index contributed by atoms with van der Waals surface area (Å²) in [5.41, 5.74) is 0.226. The molecule has 1 aromatic heterocycles. The first-order chi connectivity index (χ1) is 8.79. The van der Waals surface area contributed by atoms with E-state index in [0.29, 0.717) is 23.4 Å². The molecule has 0 bridgehead atoms. The Bertz CT molecular complexity index is 743. The minimum absolute atomic E-state index is 0.0680. The topological polar surface area (TPSA) is 76.4 Å². The summed E-state index contributed by atoms with van der Waals surface area (Å²) in [7, 11) is -3.19. The average Bonchev–Trinajstić information content (AvgIpc) is 2.33. The molecule has 5 nitrogen and oxygen atoms in total. The van der Waals surface area contributed by atoms with Gasteiger partial charge in [-0.15, -0.1) is 0 Å². The zero-order chi connectivity index (χ0) is 14.2. The molecule has 1 aromatic rings. The van der Waals surface area contributed by atoms with Crippen molar-refractivity contribution in [3.63, 3.8) is 0 Å². The maximum atomic E-state index is 11.7. The Labute approximate surface area is 115 Å². The third-order valence-electron chi connectivity index (χ3n) is 2.86. The Morgan fingerprint density at radius 2 is 2.00 bits per heavy atom. The number of allylic oxidation sites excluding steroid dienone is 4. The van der Waals surface area contributed by atoms with Gasteiger partial charge in [-0.1, -0.05) is 11.6 Å². The van der Waals surface area contributed by atoms with Crippen LogP contribution in [0, 0.1) is 0 Å². The van der Waals surface area contributed by atoms with Crippen molar-refractivity contribution >= 4 is 27.1 Å². The monoisotopic (exact) mass is 301 g/mol. The summed E-state index contributed by atoms with van der Waals surface area (Å²) in [6.07, 6.45) is 6.30. The van der Waals surface area contributed by atoms with Gasteiger partial charge in [0, 0.05) is 29.1 Å². The normalized spacial score (nSPS) is 15.9. The Kier molecular flexibility index (Phi) is 3.56. The van der Waals surface area contributed by atoms with E-state index in [2.05, 4.69) is 0 Å². The van der Waals surface area contributed by atoms with Crippen LogP contribution in [0.15, 0.2) is 34.1 Å². The van der Waals surface area contributed by atoms with Crippen LogP contribution in [0.25, 0.3) is 5.70 Å². The first kappa shape index (κ1) is 13.9. The molecule has 0 saturated heterocycles. The fourth-order valence-corrected chi connectivity index (χ4v) is 2.78. The lowest BCUT2D eigenvalue weighted by Gasteiger charge is -2.15. The van der Waals surface area contributed by atoms with Gasteiger partial charge in [0.2, 0.25) is 0 Å². The van der Waals surface area contributed by atoms with E-state index in [4.69, 9.17) is 11.6 Å². The largest absolute Gasteiger partial charge is 0.506 e. The number of halogens is 1. The molecule has 0 spiro atoms. The van der Waals surface area contributed by atoms with Gasteiger partial charge in [-0.05, 0) is 25.0 Å². The third-order valence-corrected chi connectivity index (χ3v) is 4.44. The molecule has 7 heteroatoms. The summed E-state index contributed by atoms with van der Waals surface area (Å²) in [6, 6.07) is 1.03. The summed E-state index contributed by atoms with van der Waals surface area (Å²) < 4.78 is 24.1. The Balaban J connectivity index is 2.46. The van der Waals surface area contributed by atoms with Gasteiger partial charge in [0.25, 0.3) is 5.56 Å². The molecule has 19 heavy (non-hydrogen) atoms. The van der Waals surface area contributed by atoms with E-state index in [9.17, 15) is 18.3 Å². The minimum Gasteiger partial charge on any atom is -0.506 e. The molecular formula is C12H12ClNO4S. The zero-order valence-corrected chi connectivity index (χ0v) is 11.7. The van der Waals surface area contributed by atoms with E-state index in [-0.39, 0.29) is 10.8 Å². The highest BCUT2D eigenvalue weighted by Gasteiger charge is 2.16. The van der Waals surface area contributed by atoms with E-state index in [1.54, 1.807) is 6.08 Å². The predicted molar refractivity (Wildman–Crippen MR) is 73.8 cm³/mol. The minimum atomic E-state index is -3.19. The highest BCUT2D eigenvalue weighted by Crippen LogP contribution is 2.26. The Morgan fingerprint density at radius 3 is 2.53 bits per heavy atom. The lowest BCUT2D eigenvalue weighted by Crippen LogP contribution is -2.19. The second-order valence-corrected chi connectivity index (χ2v) is 6.75. The number of aromatic nitrogens is 1. The van der Waals surface area contributed by atoms with Crippen molar-refractivity contribution in [2.24, 2.45) is 0 Å². The van der Waals surface area contributed by atoms with Gasteiger partial charge in [-0.25, -0.2) is 8.42 Å². The van der Waals surface area contributed by atoms with Gasteiger partial charge in [-0.2, -0.15) is 0 Å². The van der Waals surface area contributed by atoms with Crippen molar-refractivity contribution in [1.82, 2.24) is 4.57 Å². The van der Waals surface area contributed by atoms with Gasteiger partial charge in [0.05, 0.1) is 5.02 Å². The summed E-state index contributed by atoms with van der Waals surface area (Å²) in [5, 5.41) is 9.38. The molecule has 0 fully saturated rings. The lowest BCUT2D eigenvalue weighted by molar-refractivity contribution is 0.473. The number of nitrogens with zero attached hydrogens (tertiary/aromatic N) is 1. The number of sulfone groups is 1.